The van der Waals surface area contributed by atoms with Crippen molar-refractivity contribution in [3.05, 3.63) is 36.4 Å². The van der Waals surface area contributed by atoms with Gasteiger partial charge in [0.1, 0.15) is 5.82 Å². The molecule has 0 unspecified atom stereocenters. The Morgan fingerprint density at radius 3 is 2.46 bits per heavy atom. The van der Waals surface area contributed by atoms with Gasteiger partial charge in [-0.05, 0) is 75.1 Å². The molecule has 35 heavy (non-hydrogen) atoms. The van der Waals surface area contributed by atoms with E-state index in [0.717, 1.165) is 24.0 Å². The average Bonchev–Trinajstić information content (AvgIpc) is 3.50. The third-order valence-corrected chi connectivity index (χ3v) is 8.93. The van der Waals surface area contributed by atoms with Crippen molar-refractivity contribution in [2.45, 2.75) is 103 Å². The Balaban J connectivity index is 1.40. The number of aromatic nitrogens is 4. The fraction of sp³-hybridized carbons (Fsp3) is 0.667. The van der Waals surface area contributed by atoms with Gasteiger partial charge in [-0.1, -0.05) is 45.6 Å². The van der Waals surface area contributed by atoms with Crippen LogP contribution in [0.25, 0.3) is 22.2 Å². The van der Waals surface area contributed by atoms with Crippen LogP contribution in [0.5, 0.6) is 0 Å². The smallest absolute Gasteiger partial charge is 0.112 e. The lowest BCUT2D eigenvalue weighted by atomic mass is 9.80. The molecule has 3 aromatic rings. The molecule has 5 rings (SSSR count). The molecule has 0 atom stereocenters. The van der Waals surface area contributed by atoms with Crippen molar-refractivity contribution < 1.29 is 0 Å². The first kappa shape index (κ1) is 24.5. The minimum Gasteiger partial charge on any atom is -0.328 e. The molecule has 2 aromatic heterocycles. The van der Waals surface area contributed by atoms with Gasteiger partial charge in [0.15, 0.2) is 0 Å². The molecule has 190 valence electrons. The number of nitrogens with zero attached hydrogens (tertiary/aromatic N) is 5. The maximum Gasteiger partial charge on any atom is 0.112 e. The van der Waals surface area contributed by atoms with E-state index in [9.17, 15) is 0 Å². The summed E-state index contributed by atoms with van der Waals surface area (Å²) in [5.74, 6) is 2.86. The van der Waals surface area contributed by atoms with Crippen molar-refractivity contribution >= 4 is 11.0 Å². The SMILES string of the molecule is CCN(CCCn1c2cc(-c3cnn(C)c3)ccc2nc1[C@H]1CC[C@H](CC)CC1)C1CCCCC1. The predicted molar refractivity (Wildman–Crippen MR) is 146 cm³/mol. The lowest BCUT2D eigenvalue weighted by molar-refractivity contribution is 0.159. The summed E-state index contributed by atoms with van der Waals surface area (Å²) in [4.78, 5) is 8.02. The van der Waals surface area contributed by atoms with Gasteiger partial charge < -0.3 is 9.47 Å². The summed E-state index contributed by atoms with van der Waals surface area (Å²) in [7, 11) is 1.99. The molecule has 0 bridgehead atoms. The molecule has 1 aromatic carbocycles. The quantitative estimate of drug-likeness (QED) is 0.329. The number of hydrogen-bond acceptors (Lipinski definition) is 3. The average molecular weight is 476 g/mol. The first-order valence-corrected chi connectivity index (χ1v) is 14.4. The van der Waals surface area contributed by atoms with E-state index in [-0.39, 0.29) is 0 Å². The molecule has 0 spiro atoms. The Bertz CT molecular complexity index is 1080. The minimum atomic E-state index is 0.604. The zero-order chi connectivity index (χ0) is 24.2. The first-order valence-electron chi connectivity index (χ1n) is 14.4. The summed E-state index contributed by atoms with van der Waals surface area (Å²) in [6.45, 7) is 8.14. The minimum absolute atomic E-state index is 0.604. The maximum absolute atomic E-state index is 5.26. The summed E-state index contributed by atoms with van der Waals surface area (Å²) in [6, 6.07) is 7.61. The van der Waals surface area contributed by atoms with Gasteiger partial charge in [-0.25, -0.2) is 4.98 Å². The Hall–Kier alpha value is -2.14. The van der Waals surface area contributed by atoms with Crippen molar-refractivity contribution in [2.75, 3.05) is 13.1 Å². The van der Waals surface area contributed by atoms with Crippen molar-refractivity contribution in [3.63, 3.8) is 0 Å². The lowest BCUT2D eigenvalue weighted by Crippen LogP contribution is -2.37. The van der Waals surface area contributed by atoms with Gasteiger partial charge in [-0.3, -0.25) is 4.68 Å². The van der Waals surface area contributed by atoms with Crippen LogP contribution >= 0.6 is 0 Å². The summed E-state index contributed by atoms with van der Waals surface area (Å²) in [5.41, 5.74) is 4.89. The number of rotatable bonds is 9. The molecule has 0 N–H and O–H groups in total. The van der Waals surface area contributed by atoms with Crippen LogP contribution in [0.3, 0.4) is 0 Å². The van der Waals surface area contributed by atoms with Crippen molar-refractivity contribution in [3.8, 4) is 11.1 Å². The standard InChI is InChI=1S/C30H45N5/c1-4-23-12-14-24(15-13-23)30-32-28-17-16-25(26-21-31-33(3)22-26)20-29(28)35(30)19-9-18-34(5-2)27-10-7-6-8-11-27/h16-17,20-24,27H,4-15,18-19H2,1-3H3/t23-,24-. The molecule has 0 radical (unpaired) electrons. The number of aryl methyl sites for hydroxylation is 2. The van der Waals surface area contributed by atoms with Crippen LogP contribution in [0.2, 0.25) is 0 Å². The lowest BCUT2D eigenvalue weighted by Gasteiger charge is -2.33. The third kappa shape index (κ3) is 5.50. The number of benzene rings is 1. The number of imidazole rings is 1. The summed E-state index contributed by atoms with van der Waals surface area (Å²) >= 11 is 0. The van der Waals surface area contributed by atoms with Crippen molar-refractivity contribution in [1.82, 2.24) is 24.2 Å². The zero-order valence-corrected chi connectivity index (χ0v) is 22.3. The van der Waals surface area contributed by atoms with E-state index in [0.29, 0.717) is 5.92 Å². The van der Waals surface area contributed by atoms with Gasteiger partial charge in [-0.2, -0.15) is 5.10 Å². The highest BCUT2D eigenvalue weighted by atomic mass is 15.2. The second kappa shape index (κ2) is 11.3. The van der Waals surface area contributed by atoms with Crippen molar-refractivity contribution in [2.24, 2.45) is 13.0 Å². The number of fused-ring (bicyclic) bond motifs is 1. The van der Waals surface area contributed by atoms with Gasteiger partial charge in [0.05, 0.1) is 17.2 Å². The molecule has 0 aliphatic heterocycles. The molecular formula is C30H45N5. The van der Waals surface area contributed by atoms with Crippen LogP contribution in [0.1, 0.15) is 96.2 Å². The van der Waals surface area contributed by atoms with Gasteiger partial charge >= 0.3 is 0 Å². The van der Waals surface area contributed by atoms with Gasteiger partial charge in [0.25, 0.3) is 0 Å². The monoisotopic (exact) mass is 475 g/mol. The van der Waals surface area contributed by atoms with E-state index in [4.69, 9.17) is 4.98 Å². The first-order chi connectivity index (χ1) is 17.2. The molecule has 5 nitrogen and oxygen atoms in total. The van der Waals surface area contributed by atoms with Crippen LogP contribution in [-0.4, -0.2) is 43.4 Å². The topological polar surface area (TPSA) is 38.9 Å². The fourth-order valence-electron chi connectivity index (χ4n) is 6.74. The largest absolute Gasteiger partial charge is 0.328 e. The normalized spacial score (nSPS) is 21.8. The fourth-order valence-corrected chi connectivity index (χ4v) is 6.74. The highest BCUT2D eigenvalue weighted by Gasteiger charge is 2.26. The molecule has 0 amide bonds. The second-order valence-corrected chi connectivity index (χ2v) is 11.1. The Labute approximate surface area is 211 Å². The van der Waals surface area contributed by atoms with Gasteiger partial charge in [-0.15, -0.1) is 0 Å². The molecule has 2 aliphatic rings. The Morgan fingerprint density at radius 1 is 0.971 bits per heavy atom. The molecule has 5 heteroatoms. The van der Waals surface area contributed by atoms with Gasteiger partial charge in [0.2, 0.25) is 0 Å². The second-order valence-electron chi connectivity index (χ2n) is 11.1. The summed E-state index contributed by atoms with van der Waals surface area (Å²) < 4.78 is 4.49. The molecule has 2 fully saturated rings. The Morgan fingerprint density at radius 2 is 1.77 bits per heavy atom. The van der Waals surface area contributed by atoms with Crippen LogP contribution in [0, 0.1) is 5.92 Å². The highest BCUT2D eigenvalue weighted by molar-refractivity contribution is 5.82. The molecule has 0 saturated heterocycles. The van der Waals surface area contributed by atoms with Crippen LogP contribution in [-0.2, 0) is 13.6 Å². The molecule has 2 saturated carbocycles. The summed E-state index contributed by atoms with van der Waals surface area (Å²) in [5, 5.41) is 4.40. The van der Waals surface area contributed by atoms with Gasteiger partial charge in [0, 0.05) is 43.9 Å². The van der Waals surface area contributed by atoms with Crippen LogP contribution in [0.15, 0.2) is 30.6 Å². The third-order valence-electron chi connectivity index (χ3n) is 8.93. The van der Waals surface area contributed by atoms with Crippen LogP contribution < -0.4 is 0 Å². The van der Waals surface area contributed by atoms with E-state index in [1.54, 1.807) is 0 Å². The number of hydrogen-bond donors (Lipinski definition) is 0. The maximum atomic E-state index is 5.26. The Kier molecular flexibility index (Phi) is 7.91. The summed E-state index contributed by atoms with van der Waals surface area (Å²) in [6.07, 6.45) is 18.9. The molecule has 2 aliphatic carbocycles. The van der Waals surface area contributed by atoms with E-state index in [1.165, 1.54) is 106 Å². The van der Waals surface area contributed by atoms with E-state index in [2.05, 4.69) is 52.8 Å². The zero-order valence-electron chi connectivity index (χ0n) is 22.3. The highest BCUT2D eigenvalue weighted by Crippen LogP contribution is 2.38. The van der Waals surface area contributed by atoms with Crippen molar-refractivity contribution in [1.29, 1.82) is 0 Å². The molecule has 2 heterocycles. The van der Waals surface area contributed by atoms with E-state index < -0.39 is 0 Å². The molecular weight excluding hydrogens is 430 g/mol. The van der Waals surface area contributed by atoms with Crippen LogP contribution in [0.4, 0.5) is 0 Å². The van der Waals surface area contributed by atoms with E-state index in [1.807, 2.05) is 17.9 Å². The predicted octanol–water partition coefficient (Wildman–Crippen LogP) is 7.17. The van der Waals surface area contributed by atoms with E-state index >= 15 is 0 Å².